The highest BCUT2D eigenvalue weighted by Crippen LogP contribution is 2.36. The number of hydrogen-bond donors (Lipinski definition) is 0. The normalized spacial score (nSPS) is 17.4. The largest absolute Gasteiger partial charge is 0.340 e. The van der Waals surface area contributed by atoms with Crippen molar-refractivity contribution < 1.29 is 4.39 Å². The van der Waals surface area contributed by atoms with Gasteiger partial charge in [0, 0.05) is 12.2 Å². The molecule has 0 radical (unpaired) electrons. The first-order valence-electron chi connectivity index (χ1n) is 6.74. The molecule has 0 saturated heterocycles. The number of halogens is 1. The van der Waals surface area contributed by atoms with E-state index in [9.17, 15) is 9.65 Å². The van der Waals surface area contributed by atoms with Crippen molar-refractivity contribution in [2.75, 3.05) is 11.4 Å². The summed E-state index contributed by atoms with van der Waals surface area (Å²) in [5.41, 5.74) is 3.56. The van der Waals surface area contributed by atoms with Gasteiger partial charge in [-0.2, -0.15) is 5.26 Å². The van der Waals surface area contributed by atoms with E-state index < -0.39 is 0 Å². The highest BCUT2D eigenvalue weighted by Gasteiger charge is 2.24. The van der Waals surface area contributed by atoms with Gasteiger partial charge in [0.2, 0.25) is 0 Å². The first kappa shape index (κ1) is 12.7. The molecule has 0 bridgehead atoms. The molecule has 2 nitrogen and oxygen atoms in total. The minimum Gasteiger partial charge on any atom is -0.340 e. The maximum atomic E-state index is 13.3. The summed E-state index contributed by atoms with van der Waals surface area (Å²) < 4.78 is 13.3. The van der Waals surface area contributed by atoms with E-state index in [4.69, 9.17) is 0 Å². The maximum Gasteiger partial charge on any atom is 0.124 e. The van der Waals surface area contributed by atoms with E-state index in [0.29, 0.717) is 11.5 Å². The molecule has 1 atom stereocenters. The molecular weight excluding hydrogens is 251 g/mol. The van der Waals surface area contributed by atoms with Gasteiger partial charge in [-0.3, -0.25) is 0 Å². The first-order chi connectivity index (χ1) is 9.69. The van der Waals surface area contributed by atoms with Crippen LogP contribution in [0.25, 0.3) is 0 Å². The molecule has 20 heavy (non-hydrogen) atoms. The maximum absolute atomic E-state index is 13.3. The van der Waals surface area contributed by atoms with E-state index in [1.54, 1.807) is 6.07 Å². The number of para-hydroxylation sites is 1. The van der Waals surface area contributed by atoms with Crippen LogP contribution in [-0.2, 0) is 6.42 Å². The Labute approximate surface area is 118 Å². The Balaban J connectivity index is 2.14. The van der Waals surface area contributed by atoms with Crippen molar-refractivity contribution in [1.29, 1.82) is 5.26 Å². The lowest BCUT2D eigenvalue weighted by Crippen LogP contribution is -2.30. The number of fused-ring (bicyclic) bond motifs is 1. The molecule has 1 aliphatic rings. The molecule has 100 valence electrons. The van der Waals surface area contributed by atoms with Crippen LogP contribution >= 0.6 is 0 Å². The summed E-state index contributed by atoms with van der Waals surface area (Å²) in [5, 5.41) is 9.24. The summed E-state index contributed by atoms with van der Waals surface area (Å²) in [6.45, 7) is 3.04. The lowest BCUT2D eigenvalue weighted by Gasteiger charge is -2.35. The third-order valence-corrected chi connectivity index (χ3v) is 3.71. The molecule has 0 aromatic heterocycles. The predicted octanol–water partition coefficient (Wildman–Crippen LogP) is 4.03. The lowest BCUT2D eigenvalue weighted by atomic mass is 9.93. The van der Waals surface area contributed by atoms with Crippen molar-refractivity contribution in [2.45, 2.75) is 13.3 Å². The van der Waals surface area contributed by atoms with Crippen molar-refractivity contribution >= 4 is 11.4 Å². The second-order valence-corrected chi connectivity index (χ2v) is 5.32. The van der Waals surface area contributed by atoms with Crippen LogP contribution in [0.4, 0.5) is 15.8 Å². The van der Waals surface area contributed by atoms with Gasteiger partial charge in [0.1, 0.15) is 11.9 Å². The van der Waals surface area contributed by atoms with Crippen LogP contribution < -0.4 is 4.90 Å². The molecule has 2 aromatic carbocycles. The summed E-state index contributed by atoms with van der Waals surface area (Å²) in [6, 6.07) is 14.7. The molecule has 3 heteroatoms. The molecule has 3 rings (SSSR count). The topological polar surface area (TPSA) is 27.0 Å². The zero-order valence-electron chi connectivity index (χ0n) is 11.3. The first-order valence-corrected chi connectivity index (χ1v) is 6.74. The van der Waals surface area contributed by atoms with E-state index in [-0.39, 0.29) is 5.82 Å². The molecule has 2 aromatic rings. The molecule has 0 fully saturated rings. The minimum atomic E-state index is -0.372. The highest BCUT2D eigenvalue weighted by molar-refractivity contribution is 5.72. The number of anilines is 2. The summed E-state index contributed by atoms with van der Waals surface area (Å²) in [5.74, 6) is 0.130. The Kier molecular flexibility index (Phi) is 3.15. The number of rotatable bonds is 1. The zero-order valence-corrected chi connectivity index (χ0v) is 11.3. The molecule has 0 saturated carbocycles. The quantitative estimate of drug-likeness (QED) is 0.779. The highest BCUT2D eigenvalue weighted by atomic mass is 19.1. The molecule has 0 spiro atoms. The fourth-order valence-electron chi connectivity index (χ4n) is 2.86. The van der Waals surface area contributed by atoms with Crippen LogP contribution in [0.3, 0.4) is 0 Å². The average molecular weight is 266 g/mol. The number of nitrogens with zero attached hydrogens (tertiary/aromatic N) is 2. The van der Waals surface area contributed by atoms with E-state index in [0.717, 1.165) is 24.3 Å². The molecular formula is C17H15FN2. The van der Waals surface area contributed by atoms with Gasteiger partial charge in [-0.1, -0.05) is 25.1 Å². The summed E-state index contributed by atoms with van der Waals surface area (Å²) >= 11 is 0. The van der Waals surface area contributed by atoms with Crippen molar-refractivity contribution in [3.8, 4) is 6.07 Å². The lowest BCUT2D eigenvalue weighted by molar-refractivity contribution is 0.561. The standard InChI is InChI=1S/C17H15FN2/c1-12-8-13-4-2-3-5-16(13)20(11-12)17-7-6-15(18)9-14(17)10-19/h2-7,9,12H,8,11H2,1H3. The van der Waals surface area contributed by atoms with Gasteiger partial charge in [-0.05, 0) is 42.2 Å². The van der Waals surface area contributed by atoms with E-state index >= 15 is 0 Å². The fourth-order valence-corrected chi connectivity index (χ4v) is 2.86. The van der Waals surface area contributed by atoms with Crippen LogP contribution in [0.15, 0.2) is 42.5 Å². The number of hydrogen-bond acceptors (Lipinski definition) is 2. The summed E-state index contributed by atoms with van der Waals surface area (Å²) in [4.78, 5) is 2.13. The molecule has 1 unspecified atom stereocenters. The van der Waals surface area contributed by atoms with Gasteiger partial charge in [0.05, 0.1) is 11.3 Å². The van der Waals surface area contributed by atoms with Crippen LogP contribution in [0, 0.1) is 23.1 Å². The summed E-state index contributed by atoms with van der Waals surface area (Å²) in [7, 11) is 0. The summed E-state index contributed by atoms with van der Waals surface area (Å²) in [6.07, 6.45) is 1.04. The molecule has 1 aliphatic heterocycles. The van der Waals surface area contributed by atoms with E-state index in [1.165, 1.54) is 17.7 Å². The zero-order chi connectivity index (χ0) is 14.1. The second kappa shape index (κ2) is 4.97. The van der Waals surface area contributed by atoms with Crippen molar-refractivity contribution in [3.05, 3.63) is 59.4 Å². The van der Waals surface area contributed by atoms with Crippen LogP contribution in [-0.4, -0.2) is 6.54 Å². The Bertz CT molecular complexity index is 688. The molecule has 0 aliphatic carbocycles. The van der Waals surface area contributed by atoms with Crippen LogP contribution in [0.5, 0.6) is 0 Å². The fraction of sp³-hybridized carbons (Fsp3) is 0.235. The third kappa shape index (κ3) is 2.14. The van der Waals surface area contributed by atoms with Crippen LogP contribution in [0.2, 0.25) is 0 Å². The second-order valence-electron chi connectivity index (χ2n) is 5.32. The third-order valence-electron chi connectivity index (χ3n) is 3.71. The van der Waals surface area contributed by atoms with Gasteiger partial charge in [-0.25, -0.2) is 4.39 Å². The van der Waals surface area contributed by atoms with Gasteiger partial charge in [-0.15, -0.1) is 0 Å². The Morgan fingerprint density at radius 2 is 2.00 bits per heavy atom. The Hall–Kier alpha value is -2.34. The van der Waals surface area contributed by atoms with Gasteiger partial charge in [0.25, 0.3) is 0 Å². The average Bonchev–Trinajstić information content (AvgIpc) is 2.46. The van der Waals surface area contributed by atoms with E-state index in [2.05, 4.69) is 30.0 Å². The Morgan fingerprint density at radius 3 is 2.80 bits per heavy atom. The molecule has 0 amide bonds. The van der Waals surface area contributed by atoms with Crippen molar-refractivity contribution in [2.24, 2.45) is 5.92 Å². The minimum absolute atomic E-state index is 0.372. The predicted molar refractivity (Wildman–Crippen MR) is 77.4 cm³/mol. The van der Waals surface area contributed by atoms with Crippen molar-refractivity contribution in [3.63, 3.8) is 0 Å². The van der Waals surface area contributed by atoms with Gasteiger partial charge < -0.3 is 4.90 Å². The smallest absolute Gasteiger partial charge is 0.124 e. The SMILES string of the molecule is CC1Cc2ccccc2N(c2ccc(F)cc2C#N)C1. The monoisotopic (exact) mass is 266 g/mol. The van der Waals surface area contributed by atoms with Gasteiger partial charge >= 0.3 is 0 Å². The Morgan fingerprint density at radius 1 is 1.20 bits per heavy atom. The van der Waals surface area contributed by atoms with Crippen LogP contribution in [0.1, 0.15) is 18.1 Å². The molecule has 1 heterocycles. The molecule has 0 N–H and O–H groups in total. The van der Waals surface area contributed by atoms with Crippen molar-refractivity contribution in [1.82, 2.24) is 0 Å². The van der Waals surface area contributed by atoms with E-state index in [1.807, 2.05) is 12.1 Å². The number of benzene rings is 2. The number of nitriles is 1. The van der Waals surface area contributed by atoms with Gasteiger partial charge in [0.15, 0.2) is 0 Å².